The summed E-state index contributed by atoms with van der Waals surface area (Å²) < 4.78 is 5.40. The first kappa shape index (κ1) is 20.6. The third kappa shape index (κ3) is 4.50. The lowest BCUT2D eigenvalue weighted by Crippen LogP contribution is -2.37. The fourth-order valence-corrected chi connectivity index (χ4v) is 3.50. The van der Waals surface area contributed by atoms with Crippen molar-refractivity contribution in [1.82, 2.24) is 4.90 Å². The number of nitrogens with zero attached hydrogens (tertiary/aromatic N) is 1. The zero-order valence-corrected chi connectivity index (χ0v) is 16.9. The maximum atomic E-state index is 12.7. The van der Waals surface area contributed by atoms with Crippen molar-refractivity contribution in [1.29, 1.82) is 0 Å². The van der Waals surface area contributed by atoms with Gasteiger partial charge in [0.15, 0.2) is 5.76 Å². The molecule has 2 amide bonds. The molecular weight excluding hydrogens is 372 g/mol. The van der Waals surface area contributed by atoms with Crippen LogP contribution in [-0.2, 0) is 6.42 Å². The average Bonchev–Trinajstić information content (AvgIpc) is 3.14. The van der Waals surface area contributed by atoms with E-state index in [2.05, 4.69) is 12.2 Å². The first-order valence-electron chi connectivity index (χ1n) is 9.87. The van der Waals surface area contributed by atoms with Crippen molar-refractivity contribution in [2.24, 2.45) is 5.92 Å². The lowest BCUT2D eigenvalue weighted by atomic mass is 9.98. The summed E-state index contributed by atoms with van der Waals surface area (Å²) in [6.07, 6.45) is 2.40. The number of furan rings is 1. The molecule has 1 saturated heterocycles. The Morgan fingerprint density at radius 1 is 1.21 bits per heavy atom. The average molecular weight is 398 g/mol. The van der Waals surface area contributed by atoms with Crippen molar-refractivity contribution in [3.05, 3.63) is 52.5 Å². The molecule has 0 saturated carbocycles. The van der Waals surface area contributed by atoms with Crippen LogP contribution in [0.2, 0.25) is 0 Å². The topological polar surface area (TPSA) is 99.9 Å². The smallest absolute Gasteiger partial charge is 0.339 e. The van der Waals surface area contributed by atoms with E-state index in [-0.39, 0.29) is 23.0 Å². The van der Waals surface area contributed by atoms with Crippen molar-refractivity contribution in [3.63, 3.8) is 0 Å². The number of carbonyl (C=O) groups excluding carboxylic acids is 2. The lowest BCUT2D eigenvalue weighted by molar-refractivity contribution is 0.0686. The lowest BCUT2D eigenvalue weighted by Gasteiger charge is -2.30. The molecule has 0 bridgehead atoms. The molecule has 0 atom stereocenters. The number of rotatable bonds is 5. The van der Waals surface area contributed by atoms with E-state index in [4.69, 9.17) is 4.42 Å². The Hall–Kier alpha value is -3.09. The summed E-state index contributed by atoms with van der Waals surface area (Å²) in [5, 5.41) is 11.9. The van der Waals surface area contributed by atoms with E-state index in [1.165, 1.54) is 6.07 Å². The van der Waals surface area contributed by atoms with Crippen LogP contribution >= 0.6 is 0 Å². The number of aromatic carboxylic acids is 1. The molecule has 1 fully saturated rings. The van der Waals surface area contributed by atoms with Gasteiger partial charge in [0.05, 0.1) is 0 Å². The van der Waals surface area contributed by atoms with E-state index in [1.807, 2.05) is 11.8 Å². The predicted molar refractivity (Wildman–Crippen MR) is 108 cm³/mol. The van der Waals surface area contributed by atoms with Gasteiger partial charge < -0.3 is 19.7 Å². The Kier molecular flexibility index (Phi) is 6.06. The van der Waals surface area contributed by atoms with Crippen LogP contribution in [-0.4, -0.2) is 40.9 Å². The Labute approximate surface area is 169 Å². The molecule has 7 heteroatoms. The minimum absolute atomic E-state index is 0.00241. The molecule has 29 heavy (non-hydrogen) atoms. The molecule has 154 valence electrons. The van der Waals surface area contributed by atoms with Crippen molar-refractivity contribution in [2.45, 2.75) is 40.0 Å². The third-order valence-corrected chi connectivity index (χ3v) is 5.38. The van der Waals surface area contributed by atoms with Gasteiger partial charge in [-0.3, -0.25) is 9.59 Å². The minimum atomic E-state index is -1.13. The first-order valence-corrected chi connectivity index (χ1v) is 9.87. The number of carbonyl (C=O) groups is 3. The molecule has 0 aliphatic carbocycles. The highest BCUT2D eigenvalue weighted by Gasteiger charge is 2.23. The molecule has 3 rings (SSSR count). The van der Waals surface area contributed by atoms with Crippen molar-refractivity contribution < 1.29 is 23.9 Å². The molecule has 2 aromatic rings. The summed E-state index contributed by atoms with van der Waals surface area (Å²) in [5.74, 6) is -0.801. The fraction of sp³-hybridized carbons (Fsp3) is 0.409. The van der Waals surface area contributed by atoms with Crippen LogP contribution in [0.15, 0.2) is 28.7 Å². The van der Waals surface area contributed by atoms with Gasteiger partial charge >= 0.3 is 5.97 Å². The predicted octanol–water partition coefficient (Wildman–Crippen LogP) is 3.97. The maximum absolute atomic E-state index is 12.7. The van der Waals surface area contributed by atoms with Crippen molar-refractivity contribution in [2.75, 3.05) is 18.4 Å². The van der Waals surface area contributed by atoms with E-state index in [0.29, 0.717) is 23.6 Å². The molecule has 2 N–H and O–H groups in total. The van der Waals surface area contributed by atoms with Crippen LogP contribution in [0.1, 0.15) is 69.3 Å². The van der Waals surface area contributed by atoms with E-state index in [9.17, 15) is 19.5 Å². The van der Waals surface area contributed by atoms with Gasteiger partial charge in [0.25, 0.3) is 11.8 Å². The summed E-state index contributed by atoms with van der Waals surface area (Å²) in [5.41, 5.74) is 1.88. The summed E-state index contributed by atoms with van der Waals surface area (Å²) in [7, 11) is 0. The summed E-state index contributed by atoms with van der Waals surface area (Å²) >= 11 is 0. The minimum Gasteiger partial charge on any atom is -0.478 e. The van der Waals surface area contributed by atoms with Crippen LogP contribution in [0.5, 0.6) is 0 Å². The zero-order chi connectivity index (χ0) is 21.1. The second kappa shape index (κ2) is 8.51. The van der Waals surface area contributed by atoms with E-state index in [1.54, 1.807) is 25.1 Å². The van der Waals surface area contributed by atoms with Gasteiger partial charge in [-0.15, -0.1) is 0 Å². The number of aryl methyl sites for hydroxylation is 2. The number of anilines is 1. The summed E-state index contributed by atoms with van der Waals surface area (Å²) in [6, 6.07) is 6.39. The number of amides is 2. The Morgan fingerprint density at radius 3 is 2.45 bits per heavy atom. The highest BCUT2D eigenvalue weighted by Crippen LogP contribution is 2.23. The van der Waals surface area contributed by atoms with Gasteiger partial charge in [-0.1, -0.05) is 13.8 Å². The Balaban J connectivity index is 1.73. The van der Waals surface area contributed by atoms with Crippen LogP contribution < -0.4 is 5.32 Å². The highest BCUT2D eigenvalue weighted by molar-refractivity contribution is 6.05. The van der Waals surface area contributed by atoms with E-state index < -0.39 is 11.9 Å². The molecule has 1 aliphatic rings. The van der Waals surface area contributed by atoms with E-state index in [0.717, 1.165) is 31.5 Å². The second-order valence-corrected chi connectivity index (χ2v) is 7.56. The summed E-state index contributed by atoms with van der Waals surface area (Å²) in [6.45, 7) is 7.30. The number of carboxylic acid groups (broad SMARTS) is 1. The van der Waals surface area contributed by atoms with Gasteiger partial charge in [0.2, 0.25) is 0 Å². The summed E-state index contributed by atoms with van der Waals surface area (Å²) in [4.78, 5) is 38.3. The Bertz CT molecular complexity index is 939. The van der Waals surface area contributed by atoms with Crippen LogP contribution in [0, 0.1) is 12.8 Å². The first-order chi connectivity index (χ1) is 13.8. The number of likely N-dealkylation sites (tertiary alicyclic amines) is 1. The number of hydrogen-bond acceptors (Lipinski definition) is 4. The number of benzene rings is 1. The second-order valence-electron chi connectivity index (χ2n) is 7.56. The Morgan fingerprint density at radius 2 is 1.90 bits per heavy atom. The molecule has 0 unspecified atom stereocenters. The molecule has 7 nitrogen and oxygen atoms in total. The van der Waals surface area contributed by atoms with Crippen LogP contribution in [0.3, 0.4) is 0 Å². The molecular formula is C22H26N2O5. The normalized spacial score (nSPS) is 14.7. The molecule has 0 spiro atoms. The monoisotopic (exact) mass is 398 g/mol. The largest absolute Gasteiger partial charge is 0.478 e. The van der Waals surface area contributed by atoms with Crippen molar-refractivity contribution >= 4 is 23.5 Å². The fourth-order valence-electron chi connectivity index (χ4n) is 3.50. The molecule has 2 heterocycles. The van der Waals surface area contributed by atoms with Crippen molar-refractivity contribution in [3.8, 4) is 0 Å². The molecule has 0 radical (unpaired) electrons. The SMILES string of the molecule is CCc1oc(C(=O)Nc2ccc(C(=O)N3CCC(C)CC3)cc2C)cc1C(=O)O. The van der Waals surface area contributed by atoms with Gasteiger partial charge in [-0.25, -0.2) is 4.79 Å². The van der Waals surface area contributed by atoms with Gasteiger partial charge in [0.1, 0.15) is 11.3 Å². The quantitative estimate of drug-likeness (QED) is 0.794. The zero-order valence-electron chi connectivity index (χ0n) is 16.9. The van der Waals surface area contributed by atoms with Crippen LogP contribution in [0.25, 0.3) is 0 Å². The maximum Gasteiger partial charge on any atom is 0.339 e. The van der Waals surface area contributed by atoms with Gasteiger partial charge in [0, 0.05) is 36.8 Å². The molecule has 1 aromatic heterocycles. The van der Waals surface area contributed by atoms with E-state index >= 15 is 0 Å². The van der Waals surface area contributed by atoms with Gasteiger partial charge in [-0.2, -0.15) is 0 Å². The number of nitrogens with one attached hydrogen (secondary N) is 1. The highest BCUT2D eigenvalue weighted by atomic mass is 16.4. The molecule has 1 aliphatic heterocycles. The third-order valence-electron chi connectivity index (χ3n) is 5.38. The van der Waals surface area contributed by atoms with Gasteiger partial charge in [-0.05, 0) is 49.4 Å². The number of hydrogen-bond donors (Lipinski definition) is 2. The number of carboxylic acids is 1. The standard InChI is InChI=1S/C22H26N2O5/c1-4-18-16(22(27)28)12-19(29-18)20(25)23-17-6-5-15(11-14(17)3)21(26)24-9-7-13(2)8-10-24/h5-6,11-13H,4,7-10H2,1-3H3,(H,23,25)(H,27,28). The van der Waals surface area contributed by atoms with Crippen LogP contribution in [0.4, 0.5) is 5.69 Å². The molecule has 1 aromatic carbocycles. The number of piperidine rings is 1.